The maximum atomic E-state index is 13.0. The third-order valence-electron chi connectivity index (χ3n) is 4.27. The molecule has 162 valence electrons. The predicted octanol–water partition coefficient (Wildman–Crippen LogP) is 3.41. The van der Waals surface area contributed by atoms with Gasteiger partial charge in [0.15, 0.2) is 5.92 Å². The molecule has 0 aliphatic heterocycles. The summed E-state index contributed by atoms with van der Waals surface area (Å²) in [5, 5.41) is 0.188. The molecule has 0 fully saturated rings. The molecule has 0 saturated carbocycles. The number of ether oxygens (including phenoxy) is 2. The molecule has 9 heteroatoms. The van der Waals surface area contributed by atoms with Gasteiger partial charge in [-0.25, -0.2) is 13.1 Å². The van der Waals surface area contributed by atoms with Gasteiger partial charge in [-0.3, -0.25) is 9.59 Å². The standard InChI is InChI=1S/C21H24ClNO6S/c1-4-28-20(24)18(21(25)29-5-2)19(16-8-6-7-9-17(16)22)23-30(26,27)15-12-10-14(3)11-13-15/h6-13,18-19,23H,4-5H2,1-3H3. The lowest BCUT2D eigenvalue weighted by Gasteiger charge is -2.26. The van der Waals surface area contributed by atoms with Gasteiger partial charge in [0.05, 0.1) is 24.2 Å². The van der Waals surface area contributed by atoms with Crippen molar-refractivity contribution in [1.29, 1.82) is 0 Å². The summed E-state index contributed by atoms with van der Waals surface area (Å²) in [6.07, 6.45) is 0. The average molecular weight is 454 g/mol. The first-order chi connectivity index (χ1) is 14.2. The first-order valence-corrected chi connectivity index (χ1v) is 11.2. The summed E-state index contributed by atoms with van der Waals surface area (Å²) >= 11 is 6.28. The molecule has 1 atom stereocenters. The Bertz CT molecular complexity index is 973. The Kier molecular flexibility index (Phi) is 8.40. The second-order valence-corrected chi connectivity index (χ2v) is 8.54. The van der Waals surface area contributed by atoms with Gasteiger partial charge in [-0.05, 0) is 44.5 Å². The minimum absolute atomic E-state index is 0.00862. The highest BCUT2D eigenvalue weighted by atomic mass is 35.5. The second-order valence-electron chi connectivity index (χ2n) is 6.42. The van der Waals surface area contributed by atoms with Gasteiger partial charge >= 0.3 is 11.9 Å². The summed E-state index contributed by atoms with van der Waals surface area (Å²) in [6.45, 7) is 5.01. The van der Waals surface area contributed by atoms with Gasteiger partial charge in [-0.1, -0.05) is 47.5 Å². The average Bonchev–Trinajstić information content (AvgIpc) is 2.68. The van der Waals surface area contributed by atoms with Crippen LogP contribution in [0, 0.1) is 12.8 Å². The lowest BCUT2D eigenvalue weighted by Crippen LogP contribution is -2.42. The van der Waals surface area contributed by atoms with Crippen LogP contribution in [0.5, 0.6) is 0 Å². The fourth-order valence-electron chi connectivity index (χ4n) is 2.82. The number of carbonyl (C=O) groups is 2. The number of hydrogen-bond donors (Lipinski definition) is 1. The van der Waals surface area contributed by atoms with Crippen LogP contribution in [0.3, 0.4) is 0 Å². The number of nitrogens with one attached hydrogen (secondary N) is 1. The minimum Gasteiger partial charge on any atom is -0.465 e. The van der Waals surface area contributed by atoms with E-state index in [2.05, 4.69) is 4.72 Å². The van der Waals surface area contributed by atoms with E-state index in [9.17, 15) is 18.0 Å². The summed E-state index contributed by atoms with van der Waals surface area (Å²) < 4.78 is 38.6. The highest BCUT2D eigenvalue weighted by Gasteiger charge is 2.41. The molecule has 0 saturated heterocycles. The summed E-state index contributed by atoms with van der Waals surface area (Å²) in [5.74, 6) is -3.40. The Morgan fingerprint density at radius 2 is 1.50 bits per heavy atom. The van der Waals surface area contributed by atoms with E-state index in [1.807, 2.05) is 6.92 Å². The molecule has 2 rings (SSSR count). The summed E-state index contributed by atoms with van der Waals surface area (Å²) in [6, 6.07) is 11.2. The molecule has 2 aromatic rings. The molecule has 0 amide bonds. The van der Waals surface area contributed by atoms with Gasteiger partial charge in [0.25, 0.3) is 0 Å². The highest BCUT2D eigenvalue weighted by Crippen LogP contribution is 2.32. The Balaban J connectivity index is 2.58. The van der Waals surface area contributed by atoms with Crippen molar-refractivity contribution in [1.82, 2.24) is 4.72 Å². The second kappa shape index (κ2) is 10.6. The number of carbonyl (C=O) groups excluding carboxylic acids is 2. The van der Waals surface area contributed by atoms with Crippen LogP contribution in [0.25, 0.3) is 0 Å². The number of esters is 2. The molecule has 2 aromatic carbocycles. The van der Waals surface area contributed by atoms with Crippen molar-refractivity contribution in [3.63, 3.8) is 0 Å². The highest BCUT2D eigenvalue weighted by molar-refractivity contribution is 7.89. The van der Waals surface area contributed by atoms with Crippen LogP contribution in [0.1, 0.15) is 31.0 Å². The van der Waals surface area contributed by atoms with E-state index in [-0.39, 0.29) is 28.7 Å². The van der Waals surface area contributed by atoms with Crippen LogP contribution in [0.4, 0.5) is 0 Å². The van der Waals surface area contributed by atoms with E-state index in [0.717, 1.165) is 5.56 Å². The van der Waals surface area contributed by atoms with Gasteiger partial charge < -0.3 is 9.47 Å². The summed E-state index contributed by atoms with van der Waals surface area (Å²) in [4.78, 5) is 25.3. The molecule has 0 aliphatic carbocycles. The minimum atomic E-state index is -4.11. The Labute approximate surface area is 181 Å². The van der Waals surface area contributed by atoms with Gasteiger partial charge in [-0.2, -0.15) is 0 Å². The first-order valence-electron chi connectivity index (χ1n) is 9.38. The maximum absolute atomic E-state index is 13.0. The van der Waals surface area contributed by atoms with Crippen LogP contribution in [-0.4, -0.2) is 33.6 Å². The Morgan fingerprint density at radius 1 is 0.967 bits per heavy atom. The zero-order chi connectivity index (χ0) is 22.3. The van der Waals surface area contributed by atoms with Crippen molar-refractivity contribution in [2.75, 3.05) is 13.2 Å². The number of benzene rings is 2. The number of aryl methyl sites for hydroxylation is 1. The van der Waals surface area contributed by atoms with Crippen molar-refractivity contribution >= 4 is 33.6 Å². The Hall–Kier alpha value is -2.42. The van der Waals surface area contributed by atoms with Crippen LogP contribution >= 0.6 is 11.6 Å². The lowest BCUT2D eigenvalue weighted by atomic mass is 9.93. The zero-order valence-corrected chi connectivity index (χ0v) is 18.5. The molecule has 1 N–H and O–H groups in total. The fraction of sp³-hybridized carbons (Fsp3) is 0.333. The topological polar surface area (TPSA) is 98.8 Å². The van der Waals surface area contributed by atoms with E-state index < -0.39 is 33.9 Å². The third kappa shape index (κ3) is 5.81. The van der Waals surface area contributed by atoms with Crippen LogP contribution in [0.15, 0.2) is 53.4 Å². The van der Waals surface area contributed by atoms with Crippen LogP contribution in [-0.2, 0) is 29.1 Å². The van der Waals surface area contributed by atoms with E-state index >= 15 is 0 Å². The molecule has 7 nitrogen and oxygen atoms in total. The molecule has 0 aromatic heterocycles. The van der Waals surface area contributed by atoms with Crippen molar-refractivity contribution in [3.05, 3.63) is 64.7 Å². The van der Waals surface area contributed by atoms with Gasteiger partial charge in [0, 0.05) is 5.02 Å². The molecule has 0 bridgehead atoms. The first kappa shape index (κ1) is 23.9. The molecule has 0 radical (unpaired) electrons. The van der Waals surface area contributed by atoms with Crippen molar-refractivity contribution < 1.29 is 27.5 Å². The van der Waals surface area contributed by atoms with E-state index in [1.54, 1.807) is 38.1 Å². The van der Waals surface area contributed by atoms with Gasteiger partial charge in [0.2, 0.25) is 10.0 Å². The summed E-state index contributed by atoms with van der Waals surface area (Å²) in [5.41, 5.74) is 1.13. The van der Waals surface area contributed by atoms with Crippen molar-refractivity contribution in [3.8, 4) is 0 Å². The van der Waals surface area contributed by atoms with E-state index in [4.69, 9.17) is 21.1 Å². The monoisotopic (exact) mass is 453 g/mol. The molecular formula is C21H24ClNO6S. The number of sulfonamides is 1. The predicted molar refractivity (Wildman–Crippen MR) is 112 cm³/mol. The zero-order valence-electron chi connectivity index (χ0n) is 16.9. The number of rotatable bonds is 9. The molecular weight excluding hydrogens is 430 g/mol. The number of hydrogen-bond acceptors (Lipinski definition) is 6. The SMILES string of the molecule is CCOC(=O)C(C(=O)OCC)C(NS(=O)(=O)c1ccc(C)cc1)c1ccccc1Cl. The smallest absolute Gasteiger partial charge is 0.322 e. The molecule has 0 aliphatic rings. The van der Waals surface area contributed by atoms with Gasteiger partial charge in [-0.15, -0.1) is 0 Å². The van der Waals surface area contributed by atoms with E-state index in [1.165, 1.54) is 24.3 Å². The van der Waals surface area contributed by atoms with Crippen LogP contribution < -0.4 is 4.72 Å². The fourth-order valence-corrected chi connectivity index (χ4v) is 4.30. The molecule has 30 heavy (non-hydrogen) atoms. The molecule has 0 spiro atoms. The number of halogens is 1. The Morgan fingerprint density at radius 3 is 2.00 bits per heavy atom. The molecule has 1 unspecified atom stereocenters. The summed E-state index contributed by atoms with van der Waals surface area (Å²) in [7, 11) is -4.11. The lowest BCUT2D eigenvalue weighted by molar-refractivity contribution is -0.163. The maximum Gasteiger partial charge on any atom is 0.322 e. The van der Waals surface area contributed by atoms with Crippen molar-refractivity contribution in [2.24, 2.45) is 5.92 Å². The largest absolute Gasteiger partial charge is 0.465 e. The normalized spacial score (nSPS) is 12.4. The van der Waals surface area contributed by atoms with Crippen LogP contribution in [0.2, 0.25) is 5.02 Å². The quantitative estimate of drug-likeness (QED) is 0.461. The van der Waals surface area contributed by atoms with Crippen molar-refractivity contribution in [2.45, 2.75) is 31.7 Å². The van der Waals surface area contributed by atoms with Gasteiger partial charge in [0.1, 0.15) is 0 Å². The molecule has 0 heterocycles. The van der Waals surface area contributed by atoms with E-state index in [0.29, 0.717) is 0 Å². The third-order valence-corrected chi connectivity index (χ3v) is 6.07.